The van der Waals surface area contributed by atoms with Crippen molar-refractivity contribution in [3.05, 3.63) is 53.7 Å². The summed E-state index contributed by atoms with van der Waals surface area (Å²) in [5.74, 6) is 0.499. The molecule has 2 aromatic heterocycles. The Morgan fingerprint density at radius 3 is 2.57 bits per heavy atom. The number of halogens is 3. The Hall–Kier alpha value is -2.20. The molecule has 8 heteroatoms. The van der Waals surface area contributed by atoms with Gasteiger partial charge in [-0.25, -0.2) is 14.4 Å². The van der Waals surface area contributed by atoms with Crippen molar-refractivity contribution >= 4 is 35.8 Å². The molecule has 0 bridgehead atoms. The summed E-state index contributed by atoms with van der Waals surface area (Å²) in [5, 5.41) is 9.25. The van der Waals surface area contributed by atoms with Gasteiger partial charge in [0.05, 0.1) is 17.1 Å². The Labute approximate surface area is 144 Å². The van der Waals surface area contributed by atoms with Crippen molar-refractivity contribution in [2.24, 2.45) is 5.73 Å². The number of hydrogen-bond acceptors (Lipinski definition) is 4. The zero-order chi connectivity index (χ0) is 15.0. The van der Waals surface area contributed by atoms with E-state index >= 15 is 0 Å². The van der Waals surface area contributed by atoms with Crippen molar-refractivity contribution in [1.82, 2.24) is 14.5 Å². The summed E-state index contributed by atoms with van der Waals surface area (Å²) < 4.78 is 15.6. The fourth-order valence-electron chi connectivity index (χ4n) is 2.29. The van der Waals surface area contributed by atoms with Gasteiger partial charge in [-0.2, -0.15) is 5.26 Å². The number of hydrogen-bond donors (Lipinski definition) is 1. The highest BCUT2D eigenvalue weighted by Crippen LogP contribution is 2.27. The summed E-state index contributed by atoms with van der Waals surface area (Å²) in [4.78, 5) is 8.67. The molecular formula is C15H14Cl2FN5. The molecule has 5 nitrogen and oxygen atoms in total. The van der Waals surface area contributed by atoms with Gasteiger partial charge in [-0.1, -0.05) is 6.07 Å². The summed E-state index contributed by atoms with van der Waals surface area (Å²) in [5.41, 5.74) is 6.81. The monoisotopic (exact) mass is 353 g/mol. The summed E-state index contributed by atoms with van der Waals surface area (Å²) in [6.07, 6.45) is 1.62. The van der Waals surface area contributed by atoms with E-state index < -0.39 is 5.82 Å². The maximum absolute atomic E-state index is 13.9. The quantitative estimate of drug-likeness (QED) is 0.766. The van der Waals surface area contributed by atoms with Gasteiger partial charge < -0.3 is 5.73 Å². The van der Waals surface area contributed by atoms with Gasteiger partial charge in [-0.15, -0.1) is 24.8 Å². The first kappa shape index (κ1) is 18.8. The van der Waals surface area contributed by atoms with Crippen molar-refractivity contribution in [3.8, 4) is 11.9 Å². The number of benzene rings is 1. The molecule has 1 atom stereocenters. The standard InChI is InChI=1S/C15H12FN5.2ClH/c1-9(18)15-20-12-6-5-11(16)10(8-17)14(12)21(15)13-4-2-3-7-19-13;;/h2-7,9H,18H2,1H3;2*1H/t9-;;/m0../s1. The van der Waals surface area contributed by atoms with Gasteiger partial charge in [0.15, 0.2) is 0 Å². The lowest BCUT2D eigenvalue weighted by molar-refractivity contribution is 0.625. The number of aromatic nitrogens is 3. The normalized spacial score (nSPS) is 11.2. The van der Waals surface area contributed by atoms with Crippen LogP contribution in [-0.2, 0) is 0 Å². The van der Waals surface area contributed by atoms with E-state index in [-0.39, 0.29) is 36.4 Å². The van der Waals surface area contributed by atoms with E-state index in [1.54, 1.807) is 29.8 Å². The average molecular weight is 354 g/mol. The van der Waals surface area contributed by atoms with E-state index in [1.165, 1.54) is 12.1 Å². The smallest absolute Gasteiger partial charge is 0.143 e. The molecule has 2 N–H and O–H groups in total. The molecule has 0 amide bonds. The number of nitriles is 1. The van der Waals surface area contributed by atoms with Crippen LogP contribution in [0.2, 0.25) is 0 Å². The second kappa shape index (κ2) is 7.38. The Kier molecular flexibility index (Phi) is 6.05. The molecule has 0 aliphatic carbocycles. The molecule has 23 heavy (non-hydrogen) atoms. The molecule has 0 aliphatic heterocycles. The van der Waals surface area contributed by atoms with Crippen molar-refractivity contribution < 1.29 is 4.39 Å². The third kappa shape index (κ3) is 3.13. The molecule has 0 aliphatic rings. The fourth-order valence-corrected chi connectivity index (χ4v) is 2.29. The summed E-state index contributed by atoms with van der Waals surface area (Å²) in [6, 6.07) is 9.64. The number of rotatable bonds is 2. The summed E-state index contributed by atoms with van der Waals surface area (Å²) in [6.45, 7) is 1.78. The first-order chi connectivity index (χ1) is 10.1. The van der Waals surface area contributed by atoms with Gasteiger partial charge in [-0.05, 0) is 31.2 Å². The molecule has 3 rings (SSSR count). The molecule has 1 aromatic carbocycles. The van der Waals surface area contributed by atoms with E-state index in [1.807, 2.05) is 12.1 Å². The Morgan fingerprint density at radius 2 is 2.00 bits per heavy atom. The predicted molar refractivity (Wildman–Crippen MR) is 90.6 cm³/mol. The molecule has 0 spiro atoms. The van der Waals surface area contributed by atoms with Crippen LogP contribution in [0.1, 0.15) is 24.4 Å². The lowest BCUT2D eigenvalue weighted by Gasteiger charge is -2.11. The Balaban J connectivity index is 0.00000132. The molecular weight excluding hydrogens is 340 g/mol. The van der Waals surface area contributed by atoms with Crippen LogP contribution < -0.4 is 5.73 Å². The zero-order valence-electron chi connectivity index (χ0n) is 12.1. The topological polar surface area (TPSA) is 80.5 Å². The van der Waals surface area contributed by atoms with Gasteiger partial charge in [-0.3, -0.25) is 4.57 Å². The van der Waals surface area contributed by atoms with Crippen LogP contribution in [0.3, 0.4) is 0 Å². The maximum Gasteiger partial charge on any atom is 0.143 e. The van der Waals surface area contributed by atoms with E-state index in [2.05, 4.69) is 9.97 Å². The van der Waals surface area contributed by atoms with Crippen LogP contribution in [0.25, 0.3) is 16.9 Å². The first-order valence-corrected chi connectivity index (χ1v) is 6.41. The molecule has 0 saturated heterocycles. The highest BCUT2D eigenvalue weighted by Gasteiger charge is 2.20. The van der Waals surface area contributed by atoms with Gasteiger partial charge in [0.1, 0.15) is 29.1 Å². The molecule has 120 valence electrons. The predicted octanol–water partition coefficient (Wildman–Crippen LogP) is 3.29. The van der Waals surface area contributed by atoms with Gasteiger partial charge in [0.2, 0.25) is 0 Å². The zero-order valence-corrected chi connectivity index (χ0v) is 13.7. The van der Waals surface area contributed by atoms with Crippen LogP contribution in [-0.4, -0.2) is 14.5 Å². The maximum atomic E-state index is 13.9. The first-order valence-electron chi connectivity index (χ1n) is 6.41. The Morgan fingerprint density at radius 1 is 1.26 bits per heavy atom. The highest BCUT2D eigenvalue weighted by molar-refractivity contribution is 5.86. The van der Waals surface area contributed by atoms with E-state index in [0.717, 1.165) is 0 Å². The average Bonchev–Trinajstić information content (AvgIpc) is 2.88. The largest absolute Gasteiger partial charge is 0.322 e. The SMILES string of the molecule is C[C@H](N)c1nc2ccc(F)c(C#N)c2n1-c1ccccn1.Cl.Cl. The van der Waals surface area contributed by atoms with Crippen LogP contribution in [0.4, 0.5) is 4.39 Å². The molecule has 0 unspecified atom stereocenters. The van der Waals surface area contributed by atoms with Gasteiger partial charge in [0, 0.05) is 6.20 Å². The lowest BCUT2D eigenvalue weighted by Crippen LogP contribution is -2.13. The van der Waals surface area contributed by atoms with Crippen molar-refractivity contribution in [2.75, 3.05) is 0 Å². The van der Waals surface area contributed by atoms with E-state index in [0.29, 0.717) is 22.7 Å². The second-order valence-electron chi connectivity index (χ2n) is 4.68. The van der Waals surface area contributed by atoms with Gasteiger partial charge in [0.25, 0.3) is 0 Å². The minimum atomic E-state index is -0.585. The third-order valence-electron chi connectivity index (χ3n) is 3.19. The molecule has 0 radical (unpaired) electrons. The fraction of sp³-hybridized carbons (Fsp3) is 0.133. The van der Waals surface area contributed by atoms with E-state index in [4.69, 9.17) is 5.73 Å². The molecule has 2 heterocycles. The van der Waals surface area contributed by atoms with Crippen molar-refractivity contribution in [3.63, 3.8) is 0 Å². The lowest BCUT2D eigenvalue weighted by atomic mass is 10.2. The van der Waals surface area contributed by atoms with Crippen molar-refractivity contribution in [2.45, 2.75) is 13.0 Å². The number of nitrogens with zero attached hydrogens (tertiary/aromatic N) is 4. The molecule has 0 saturated carbocycles. The van der Waals surface area contributed by atoms with Crippen molar-refractivity contribution in [1.29, 1.82) is 5.26 Å². The molecule has 0 fully saturated rings. The Bertz CT molecular complexity index is 856. The van der Waals surface area contributed by atoms with Gasteiger partial charge >= 0.3 is 0 Å². The van der Waals surface area contributed by atoms with Crippen LogP contribution in [0, 0.1) is 17.1 Å². The highest BCUT2D eigenvalue weighted by atomic mass is 35.5. The van der Waals surface area contributed by atoms with E-state index in [9.17, 15) is 9.65 Å². The van der Waals surface area contributed by atoms with Crippen LogP contribution >= 0.6 is 24.8 Å². The summed E-state index contributed by atoms with van der Waals surface area (Å²) in [7, 11) is 0. The van der Waals surface area contributed by atoms with Crippen LogP contribution in [0.5, 0.6) is 0 Å². The summed E-state index contributed by atoms with van der Waals surface area (Å²) >= 11 is 0. The minimum absolute atomic E-state index is 0. The third-order valence-corrected chi connectivity index (χ3v) is 3.19. The minimum Gasteiger partial charge on any atom is -0.322 e. The number of imidazole rings is 1. The van der Waals surface area contributed by atoms with Crippen LogP contribution in [0.15, 0.2) is 36.5 Å². The second-order valence-corrected chi connectivity index (χ2v) is 4.68. The number of nitrogens with two attached hydrogens (primary N) is 1. The molecule has 3 aromatic rings. The number of fused-ring (bicyclic) bond motifs is 1. The number of pyridine rings is 1.